The molecule has 0 unspecified atom stereocenters. The summed E-state index contributed by atoms with van der Waals surface area (Å²) in [4.78, 5) is 4.56. The van der Waals surface area contributed by atoms with Crippen molar-refractivity contribution < 1.29 is 9.13 Å². The minimum Gasteiger partial charge on any atom is -0.489 e. The highest BCUT2D eigenvalue weighted by Gasteiger charge is 2.19. The molecule has 200 valence electrons. The van der Waals surface area contributed by atoms with Gasteiger partial charge in [-0.3, -0.25) is 4.68 Å². The summed E-state index contributed by atoms with van der Waals surface area (Å²) in [5.41, 5.74) is 4.00. The molecule has 0 aliphatic carbocycles. The lowest BCUT2D eigenvalue weighted by molar-refractivity contribution is 0.300. The van der Waals surface area contributed by atoms with Gasteiger partial charge in [0.1, 0.15) is 5.82 Å². The van der Waals surface area contributed by atoms with Crippen molar-refractivity contribution in [3.8, 4) is 17.0 Å². The van der Waals surface area contributed by atoms with Gasteiger partial charge < -0.3 is 10.1 Å². The molecular weight excluding hydrogens is 530 g/mol. The molecule has 5 aromatic rings. The van der Waals surface area contributed by atoms with Crippen molar-refractivity contribution in [3.63, 3.8) is 0 Å². The standard InChI is InChI=1S/C26H27FN8O.2ClH/c1-17-16-35-26(30-17)25(36-11-3-10-34-9-2-6-29-34)15-23(33-35)19-12-21(27)20-14-22(31-32-24(20)13-19)18-4-7-28-8-5-18;;/h2,6,9,12-16,18,28H,3-5,7-8,10-11H2,1H3;2*1H. The Morgan fingerprint density at radius 3 is 2.74 bits per heavy atom. The number of hydrogen-bond donors (Lipinski definition) is 1. The first-order chi connectivity index (χ1) is 17.6. The average Bonchev–Trinajstić information content (AvgIpc) is 3.55. The zero-order valence-electron chi connectivity index (χ0n) is 20.9. The second-order valence-corrected chi connectivity index (χ2v) is 9.20. The maximum atomic E-state index is 15.3. The van der Waals surface area contributed by atoms with E-state index in [1.165, 1.54) is 6.07 Å². The van der Waals surface area contributed by atoms with E-state index in [0.717, 1.165) is 50.3 Å². The first kappa shape index (κ1) is 27.7. The van der Waals surface area contributed by atoms with Crippen LogP contribution < -0.4 is 10.1 Å². The van der Waals surface area contributed by atoms with Crippen molar-refractivity contribution in [2.75, 3.05) is 19.7 Å². The van der Waals surface area contributed by atoms with Gasteiger partial charge in [0.05, 0.1) is 35.4 Å². The zero-order valence-corrected chi connectivity index (χ0v) is 22.5. The molecular formula is C26H29Cl2FN8O. The number of ether oxygens (including phenoxy) is 1. The normalized spacial score (nSPS) is 13.8. The van der Waals surface area contributed by atoms with Crippen LogP contribution in [-0.2, 0) is 6.54 Å². The third-order valence-electron chi connectivity index (χ3n) is 6.59. The van der Waals surface area contributed by atoms with Gasteiger partial charge in [-0.25, -0.2) is 13.9 Å². The molecule has 1 N–H and O–H groups in total. The summed E-state index contributed by atoms with van der Waals surface area (Å²) in [5.74, 6) is 0.572. The fourth-order valence-electron chi connectivity index (χ4n) is 4.73. The Morgan fingerprint density at radius 1 is 1.11 bits per heavy atom. The quantitative estimate of drug-likeness (QED) is 0.287. The fraction of sp³-hybridized carbons (Fsp3) is 0.346. The molecule has 0 amide bonds. The molecule has 1 saturated heterocycles. The SMILES string of the molecule is Cc1cn2nc(-c3cc(F)c4cc(C5CCNCC5)nnc4c3)cc(OCCCn3cccn3)c2n1.Cl.Cl. The molecule has 0 radical (unpaired) electrons. The number of nitrogens with zero attached hydrogens (tertiary/aromatic N) is 7. The summed E-state index contributed by atoms with van der Waals surface area (Å²) < 4.78 is 25.0. The van der Waals surface area contributed by atoms with Crippen LogP contribution in [0.2, 0.25) is 0 Å². The first-order valence-corrected chi connectivity index (χ1v) is 12.3. The van der Waals surface area contributed by atoms with Crippen molar-refractivity contribution >= 4 is 41.4 Å². The summed E-state index contributed by atoms with van der Waals surface area (Å²) in [6.45, 7) is 5.04. The topological polar surface area (TPSA) is 95.1 Å². The number of piperidine rings is 1. The molecule has 6 rings (SSSR count). The number of benzene rings is 1. The van der Waals surface area contributed by atoms with E-state index in [4.69, 9.17) is 4.74 Å². The molecule has 0 bridgehead atoms. The molecule has 12 heteroatoms. The van der Waals surface area contributed by atoms with Crippen molar-refractivity contribution in [3.05, 3.63) is 66.1 Å². The Balaban J connectivity index is 0.00000168. The molecule has 1 fully saturated rings. The van der Waals surface area contributed by atoms with E-state index in [1.807, 2.05) is 48.3 Å². The molecule has 0 spiro atoms. The first-order valence-electron chi connectivity index (χ1n) is 12.3. The summed E-state index contributed by atoms with van der Waals surface area (Å²) in [6.07, 6.45) is 8.27. The van der Waals surface area contributed by atoms with E-state index in [1.54, 1.807) is 10.7 Å². The van der Waals surface area contributed by atoms with Crippen LogP contribution in [0.15, 0.2) is 48.9 Å². The lowest BCUT2D eigenvalue weighted by Gasteiger charge is -2.21. The Kier molecular flexibility index (Phi) is 8.76. The number of aromatic nitrogens is 7. The van der Waals surface area contributed by atoms with Crippen LogP contribution in [0.3, 0.4) is 0 Å². The minimum atomic E-state index is -0.335. The van der Waals surface area contributed by atoms with Crippen LogP contribution in [-0.4, -0.2) is 54.3 Å². The second kappa shape index (κ2) is 12.0. The van der Waals surface area contributed by atoms with E-state index >= 15 is 4.39 Å². The van der Waals surface area contributed by atoms with Crippen molar-refractivity contribution in [2.24, 2.45) is 0 Å². The number of rotatable bonds is 7. The zero-order chi connectivity index (χ0) is 24.5. The molecule has 4 aromatic heterocycles. The molecule has 1 aromatic carbocycles. The largest absolute Gasteiger partial charge is 0.489 e. The molecule has 1 aliphatic heterocycles. The molecule has 0 saturated carbocycles. The van der Waals surface area contributed by atoms with E-state index in [0.29, 0.717) is 46.1 Å². The number of aryl methyl sites for hydroxylation is 2. The summed E-state index contributed by atoms with van der Waals surface area (Å²) in [7, 11) is 0. The Labute approximate surface area is 231 Å². The van der Waals surface area contributed by atoms with Gasteiger partial charge in [-0.15, -0.1) is 24.8 Å². The lowest BCUT2D eigenvalue weighted by Crippen LogP contribution is -2.27. The Hall–Kier alpha value is -3.34. The maximum Gasteiger partial charge on any atom is 0.196 e. The predicted molar refractivity (Wildman–Crippen MR) is 148 cm³/mol. The van der Waals surface area contributed by atoms with Gasteiger partial charge in [-0.05, 0) is 57.1 Å². The van der Waals surface area contributed by atoms with E-state index < -0.39 is 0 Å². The average molecular weight is 559 g/mol. The van der Waals surface area contributed by atoms with Gasteiger partial charge >= 0.3 is 0 Å². The van der Waals surface area contributed by atoms with Gasteiger partial charge in [0.25, 0.3) is 0 Å². The smallest absolute Gasteiger partial charge is 0.196 e. The molecule has 38 heavy (non-hydrogen) atoms. The van der Waals surface area contributed by atoms with Gasteiger partial charge in [0.2, 0.25) is 0 Å². The van der Waals surface area contributed by atoms with Crippen LogP contribution in [0, 0.1) is 12.7 Å². The Morgan fingerprint density at radius 2 is 1.95 bits per heavy atom. The maximum absolute atomic E-state index is 15.3. The number of hydrogen-bond acceptors (Lipinski definition) is 7. The predicted octanol–water partition coefficient (Wildman–Crippen LogP) is 4.76. The van der Waals surface area contributed by atoms with E-state index in [-0.39, 0.29) is 30.6 Å². The van der Waals surface area contributed by atoms with Crippen LogP contribution in [0.5, 0.6) is 5.75 Å². The Bertz CT molecular complexity index is 1520. The van der Waals surface area contributed by atoms with Crippen molar-refractivity contribution in [1.82, 2.24) is 39.9 Å². The number of imidazole rings is 1. The van der Waals surface area contributed by atoms with Gasteiger partial charge in [-0.2, -0.15) is 20.4 Å². The van der Waals surface area contributed by atoms with E-state index in [2.05, 4.69) is 30.7 Å². The molecule has 0 atom stereocenters. The summed E-state index contributed by atoms with van der Waals surface area (Å²) >= 11 is 0. The van der Waals surface area contributed by atoms with Crippen LogP contribution >= 0.6 is 24.8 Å². The lowest BCUT2D eigenvalue weighted by atomic mass is 9.93. The van der Waals surface area contributed by atoms with Gasteiger partial charge in [0.15, 0.2) is 11.4 Å². The molecule has 1 aliphatic rings. The highest BCUT2D eigenvalue weighted by molar-refractivity contribution is 5.86. The fourth-order valence-corrected chi connectivity index (χ4v) is 4.73. The molecule has 9 nitrogen and oxygen atoms in total. The van der Waals surface area contributed by atoms with E-state index in [9.17, 15) is 0 Å². The second-order valence-electron chi connectivity index (χ2n) is 9.20. The van der Waals surface area contributed by atoms with Crippen LogP contribution in [0.25, 0.3) is 27.8 Å². The van der Waals surface area contributed by atoms with Gasteiger partial charge in [-0.1, -0.05) is 0 Å². The van der Waals surface area contributed by atoms with Crippen LogP contribution in [0.4, 0.5) is 4.39 Å². The van der Waals surface area contributed by atoms with Gasteiger partial charge in [0, 0.05) is 48.3 Å². The summed E-state index contributed by atoms with van der Waals surface area (Å²) in [5, 5.41) is 21.5. The summed E-state index contributed by atoms with van der Waals surface area (Å²) in [6, 6.07) is 8.90. The number of nitrogens with one attached hydrogen (secondary N) is 1. The highest BCUT2D eigenvalue weighted by atomic mass is 35.5. The molecule has 5 heterocycles. The van der Waals surface area contributed by atoms with Crippen LogP contribution in [0.1, 0.15) is 36.6 Å². The number of halogens is 3. The third kappa shape index (κ3) is 5.72. The minimum absolute atomic E-state index is 0. The van der Waals surface area contributed by atoms with Crippen molar-refractivity contribution in [1.29, 1.82) is 0 Å². The number of fused-ring (bicyclic) bond motifs is 2. The highest BCUT2D eigenvalue weighted by Crippen LogP contribution is 2.31. The van der Waals surface area contributed by atoms with Crippen molar-refractivity contribution in [2.45, 2.75) is 38.6 Å². The monoisotopic (exact) mass is 558 g/mol. The third-order valence-corrected chi connectivity index (χ3v) is 6.59.